The van der Waals surface area contributed by atoms with Gasteiger partial charge in [-0.1, -0.05) is 48.5 Å². The fraction of sp³-hybridized carbons (Fsp3) is 1.00. The fourth-order valence-corrected chi connectivity index (χ4v) is 4.74. The summed E-state index contributed by atoms with van der Waals surface area (Å²) >= 11 is 0. The Kier molecular flexibility index (Phi) is 3.60. The first kappa shape index (κ1) is 13.4. The van der Waals surface area contributed by atoms with Gasteiger partial charge in [-0.25, -0.2) is 0 Å². The molecule has 2 fully saturated rings. The number of hydrogen-bond acceptors (Lipinski definition) is 1. The van der Waals surface area contributed by atoms with Crippen LogP contribution in [0.3, 0.4) is 0 Å². The van der Waals surface area contributed by atoms with Gasteiger partial charge in [-0.15, -0.1) is 0 Å². The summed E-state index contributed by atoms with van der Waals surface area (Å²) in [5.74, 6) is 5.51. The number of hydrogen-bond donors (Lipinski definition) is 0. The maximum atomic E-state index is 6.08. The van der Waals surface area contributed by atoms with Gasteiger partial charge in [-0.05, 0) is 41.4 Å². The first-order valence-electron chi connectivity index (χ1n) is 7.51. The van der Waals surface area contributed by atoms with Crippen LogP contribution in [0.5, 0.6) is 0 Å². The maximum absolute atomic E-state index is 6.08. The topological polar surface area (TPSA) is 12.5 Å². The minimum Gasteiger partial charge on any atom is -0.369 e. The van der Waals surface area contributed by atoms with Crippen LogP contribution in [-0.4, -0.2) is 12.2 Å². The molecule has 2 aliphatic rings. The molecule has 0 radical (unpaired) electrons. The molecule has 6 atom stereocenters. The Morgan fingerprint density at radius 3 is 1.47 bits per heavy atom. The van der Waals surface area contributed by atoms with Crippen LogP contribution < -0.4 is 0 Å². The lowest BCUT2D eigenvalue weighted by molar-refractivity contribution is 0.0458. The Morgan fingerprint density at radius 1 is 0.647 bits per heavy atom. The zero-order valence-electron chi connectivity index (χ0n) is 12.6. The van der Waals surface area contributed by atoms with E-state index < -0.39 is 0 Å². The second-order valence-electron chi connectivity index (χ2n) is 7.39. The molecular formula is C16H30O. The summed E-state index contributed by atoms with van der Waals surface area (Å²) in [6, 6.07) is 0. The van der Waals surface area contributed by atoms with Crippen molar-refractivity contribution in [3.63, 3.8) is 0 Å². The van der Waals surface area contributed by atoms with E-state index in [2.05, 4.69) is 48.5 Å². The Hall–Kier alpha value is -0.0400. The molecule has 1 heteroatoms. The second-order valence-corrected chi connectivity index (χ2v) is 7.39. The predicted octanol–water partition coefficient (Wildman–Crippen LogP) is 4.22. The highest BCUT2D eigenvalue weighted by Crippen LogP contribution is 2.56. The summed E-state index contributed by atoms with van der Waals surface area (Å²) in [7, 11) is 0. The molecule has 1 saturated carbocycles. The smallest absolute Gasteiger partial charge is 0.0878 e. The van der Waals surface area contributed by atoms with Gasteiger partial charge in [-0.2, -0.15) is 0 Å². The highest BCUT2D eigenvalue weighted by Gasteiger charge is 2.60. The highest BCUT2D eigenvalue weighted by molar-refractivity contribution is 5.07. The molecule has 1 saturated heterocycles. The van der Waals surface area contributed by atoms with E-state index in [9.17, 15) is 0 Å². The summed E-state index contributed by atoms with van der Waals surface area (Å²) in [6.07, 6.45) is 1.15. The monoisotopic (exact) mass is 238 g/mol. The Labute approximate surface area is 107 Å². The van der Waals surface area contributed by atoms with Gasteiger partial charge >= 0.3 is 0 Å². The second kappa shape index (κ2) is 4.57. The van der Waals surface area contributed by atoms with Crippen molar-refractivity contribution in [1.82, 2.24) is 0 Å². The molecule has 5 unspecified atom stereocenters. The minimum atomic E-state index is 0.575. The standard InChI is InChI=1S/C16H30O/c1-8(2)12-11(7)13(9(3)4)15-16(17-15)14(12)10(5)6/h8-16H,1-7H3/t11?,12?,13?,14?,15-,16?/m1/s1. The van der Waals surface area contributed by atoms with Crippen LogP contribution in [0.2, 0.25) is 0 Å². The van der Waals surface area contributed by atoms with Crippen molar-refractivity contribution < 1.29 is 4.74 Å². The third-order valence-corrected chi connectivity index (χ3v) is 5.29. The van der Waals surface area contributed by atoms with E-state index in [1.165, 1.54) is 0 Å². The molecule has 1 aliphatic carbocycles. The zero-order chi connectivity index (χ0) is 12.9. The number of epoxide rings is 1. The highest BCUT2D eigenvalue weighted by atomic mass is 16.6. The molecule has 1 aliphatic heterocycles. The Balaban J connectivity index is 2.24. The van der Waals surface area contributed by atoms with Gasteiger partial charge < -0.3 is 4.74 Å². The van der Waals surface area contributed by atoms with Crippen LogP contribution in [0.15, 0.2) is 0 Å². The molecule has 0 aromatic carbocycles. The number of ether oxygens (including phenoxy) is 1. The van der Waals surface area contributed by atoms with E-state index in [1.807, 2.05) is 0 Å². The van der Waals surface area contributed by atoms with Gasteiger partial charge in [0.1, 0.15) is 0 Å². The lowest BCUT2D eigenvalue weighted by atomic mass is 9.58. The Morgan fingerprint density at radius 2 is 1.06 bits per heavy atom. The van der Waals surface area contributed by atoms with Gasteiger partial charge in [0.25, 0.3) is 0 Å². The summed E-state index contributed by atoms with van der Waals surface area (Å²) in [6.45, 7) is 16.8. The minimum absolute atomic E-state index is 0.575. The van der Waals surface area contributed by atoms with Crippen LogP contribution in [0.1, 0.15) is 48.5 Å². The number of rotatable bonds is 3. The van der Waals surface area contributed by atoms with E-state index in [1.54, 1.807) is 0 Å². The SMILES string of the molecule is CC(C)C1C(C)C(C(C)C)[C@H]2OC2C1C(C)C. The van der Waals surface area contributed by atoms with Crippen molar-refractivity contribution in [1.29, 1.82) is 0 Å². The van der Waals surface area contributed by atoms with Crippen molar-refractivity contribution >= 4 is 0 Å². The first-order chi connectivity index (χ1) is 7.86. The molecule has 1 heterocycles. The molecule has 0 spiro atoms. The maximum Gasteiger partial charge on any atom is 0.0878 e. The fourth-order valence-electron chi connectivity index (χ4n) is 4.74. The third kappa shape index (κ3) is 2.16. The lowest BCUT2D eigenvalue weighted by Gasteiger charge is -2.44. The molecule has 1 nitrogen and oxygen atoms in total. The number of fused-ring (bicyclic) bond motifs is 1. The average Bonchev–Trinajstić information content (AvgIpc) is 2.92. The zero-order valence-corrected chi connectivity index (χ0v) is 12.6. The van der Waals surface area contributed by atoms with Gasteiger partial charge in [0.15, 0.2) is 0 Å². The van der Waals surface area contributed by atoms with Gasteiger partial charge in [0.2, 0.25) is 0 Å². The van der Waals surface area contributed by atoms with E-state index >= 15 is 0 Å². The molecule has 0 aromatic heterocycles. The van der Waals surface area contributed by atoms with E-state index in [0.717, 1.165) is 41.4 Å². The van der Waals surface area contributed by atoms with Crippen LogP contribution in [0.25, 0.3) is 0 Å². The molecule has 100 valence electrons. The molecule has 17 heavy (non-hydrogen) atoms. The van der Waals surface area contributed by atoms with Gasteiger partial charge in [-0.3, -0.25) is 0 Å². The molecule has 0 aromatic rings. The average molecular weight is 238 g/mol. The summed E-state index contributed by atoms with van der Waals surface area (Å²) in [4.78, 5) is 0. The van der Waals surface area contributed by atoms with E-state index in [0.29, 0.717) is 12.2 Å². The summed E-state index contributed by atoms with van der Waals surface area (Å²) < 4.78 is 6.08. The molecular weight excluding hydrogens is 208 g/mol. The van der Waals surface area contributed by atoms with Gasteiger partial charge in [0.05, 0.1) is 12.2 Å². The normalized spacial score (nSPS) is 45.5. The third-order valence-electron chi connectivity index (χ3n) is 5.29. The quantitative estimate of drug-likeness (QED) is 0.671. The van der Waals surface area contributed by atoms with Crippen molar-refractivity contribution in [2.75, 3.05) is 0 Å². The molecule has 2 rings (SSSR count). The molecule has 0 amide bonds. The van der Waals surface area contributed by atoms with Crippen molar-refractivity contribution in [2.24, 2.45) is 41.4 Å². The van der Waals surface area contributed by atoms with Crippen molar-refractivity contribution in [2.45, 2.75) is 60.7 Å². The Bertz CT molecular complexity index is 269. The van der Waals surface area contributed by atoms with Crippen LogP contribution in [0.4, 0.5) is 0 Å². The first-order valence-corrected chi connectivity index (χ1v) is 7.51. The van der Waals surface area contributed by atoms with Crippen LogP contribution in [-0.2, 0) is 4.74 Å². The summed E-state index contributed by atoms with van der Waals surface area (Å²) in [5, 5.41) is 0. The molecule has 0 N–H and O–H groups in total. The summed E-state index contributed by atoms with van der Waals surface area (Å²) in [5.41, 5.74) is 0. The van der Waals surface area contributed by atoms with Crippen LogP contribution in [0, 0.1) is 41.4 Å². The van der Waals surface area contributed by atoms with Crippen molar-refractivity contribution in [3.8, 4) is 0 Å². The van der Waals surface area contributed by atoms with Crippen molar-refractivity contribution in [3.05, 3.63) is 0 Å². The van der Waals surface area contributed by atoms with Crippen LogP contribution >= 0.6 is 0 Å². The van der Waals surface area contributed by atoms with E-state index in [4.69, 9.17) is 4.74 Å². The van der Waals surface area contributed by atoms with E-state index in [-0.39, 0.29) is 0 Å². The predicted molar refractivity (Wildman–Crippen MR) is 72.8 cm³/mol. The largest absolute Gasteiger partial charge is 0.369 e. The van der Waals surface area contributed by atoms with Gasteiger partial charge in [0, 0.05) is 0 Å². The molecule has 0 bridgehead atoms. The lowest BCUT2D eigenvalue weighted by Crippen LogP contribution is -2.45.